The number of halogens is 1. The third-order valence-corrected chi connectivity index (χ3v) is 3.81. The summed E-state index contributed by atoms with van der Waals surface area (Å²) >= 11 is 2.22. The average molecular weight is 394 g/mol. The smallest absolute Gasteiger partial charge is 0.251 e. The predicted molar refractivity (Wildman–Crippen MR) is 94.4 cm³/mol. The second kappa shape index (κ2) is 7.56. The Bertz CT molecular complexity index is 599. The summed E-state index contributed by atoms with van der Waals surface area (Å²) in [5.74, 6) is -0.0378. The second-order valence-corrected chi connectivity index (χ2v) is 6.45. The summed E-state index contributed by atoms with van der Waals surface area (Å²) in [5.41, 5.74) is 1.81. The highest BCUT2D eigenvalue weighted by Crippen LogP contribution is 2.15. The normalized spacial score (nSPS) is 12.2. The lowest BCUT2D eigenvalue weighted by Crippen LogP contribution is -2.35. The van der Waals surface area contributed by atoms with E-state index in [2.05, 4.69) is 32.8 Å². The van der Waals surface area contributed by atoms with Crippen molar-refractivity contribution in [2.24, 2.45) is 0 Å². The molecule has 3 nitrogen and oxygen atoms in total. The summed E-state index contributed by atoms with van der Waals surface area (Å²) < 4.78 is 1.06. The van der Waals surface area contributed by atoms with Gasteiger partial charge in [-0.1, -0.05) is 36.4 Å². The van der Waals surface area contributed by atoms with Crippen molar-refractivity contribution in [1.82, 2.24) is 10.2 Å². The molecule has 0 spiro atoms. The van der Waals surface area contributed by atoms with E-state index in [0.29, 0.717) is 5.56 Å². The number of likely N-dealkylation sites (N-methyl/N-ethyl adjacent to an activating group) is 1. The largest absolute Gasteiger partial charge is 0.344 e. The Hall–Kier alpha value is -1.40. The van der Waals surface area contributed by atoms with Crippen LogP contribution in [-0.4, -0.2) is 31.4 Å². The van der Waals surface area contributed by atoms with E-state index in [1.165, 1.54) is 0 Å². The summed E-state index contributed by atoms with van der Waals surface area (Å²) in [6, 6.07) is 17.7. The zero-order chi connectivity index (χ0) is 15.2. The maximum Gasteiger partial charge on any atom is 0.251 e. The lowest BCUT2D eigenvalue weighted by molar-refractivity contribution is 0.0930. The van der Waals surface area contributed by atoms with Crippen molar-refractivity contribution in [3.05, 3.63) is 69.3 Å². The van der Waals surface area contributed by atoms with Crippen molar-refractivity contribution >= 4 is 28.5 Å². The van der Waals surface area contributed by atoms with Crippen LogP contribution in [0.4, 0.5) is 0 Å². The molecule has 0 heterocycles. The van der Waals surface area contributed by atoms with Gasteiger partial charge in [0.25, 0.3) is 5.91 Å². The van der Waals surface area contributed by atoms with Crippen LogP contribution in [0.15, 0.2) is 54.6 Å². The Morgan fingerprint density at radius 3 is 2.48 bits per heavy atom. The number of nitrogens with zero attached hydrogens (tertiary/aromatic N) is 1. The van der Waals surface area contributed by atoms with Crippen molar-refractivity contribution in [3.63, 3.8) is 0 Å². The maximum absolute atomic E-state index is 12.4. The van der Waals surface area contributed by atoms with Crippen molar-refractivity contribution < 1.29 is 4.79 Å². The molecule has 110 valence electrons. The van der Waals surface area contributed by atoms with Crippen molar-refractivity contribution in [1.29, 1.82) is 0 Å². The highest BCUT2D eigenvalue weighted by Gasteiger charge is 2.16. The number of hydrogen-bond donors (Lipinski definition) is 1. The van der Waals surface area contributed by atoms with E-state index < -0.39 is 0 Å². The zero-order valence-electron chi connectivity index (χ0n) is 12.2. The zero-order valence-corrected chi connectivity index (χ0v) is 14.4. The fourth-order valence-electron chi connectivity index (χ4n) is 2.16. The van der Waals surface area contributed by atoms with E-state index in [1.54, 1.807) is 0 Å². The molecule has 0 bridgehead atoms. The Morgan fingerprint density at radius 2 is 1.86 bits per heavy atom. The minimum absolute atomic E-state index is 0.0217. The van der Waals surface area contributed by atoms with Crippen molar-refractivity contribution in [2.75, 3.05) is 20.6 Å². The van der Waals surface area contributed by atoms with Crippen LogP contribution in [0, 0.1) is 3.57 Å². The number of benzene rings is 2. The van der Waals surface area contributed by atoms with Crippen LogP contribution < -0.4 is 5.32 Å². The Kier molecular flexibility index (Phi) is 5.76. The lowest BCUT2D eigenvalue weighted by Gasteiger charge is -2.23. The number of carbonyl (C=O) groups excluding carboxylic acids is 1. The molecule has 0 aliphatic rings. The van der Waals surface area contributed by atoms with E-state index >= 15 is 0 Å². The molecule has 0 radical (unpaired) electrons. The van der Waals surface area contributed by atoms with Gasteiger partial charge in [-0.05, 0) is 60.4 Å². The van der Waals surface area contributed by atoms with Gasteiger partial charge >= 0.3 is 0 Å². The molecule has 21 heavy (non-hydrogen) atoms. The van der Waals surface area contributed by atoms with Crippen molar-refractivity contribution in [3.8, 4) is 0 Å². The fraction of sp³-hybridized carbons (Fsp3) is 0.235. The van der Waals surface area contributed by atoms with Gasteiger partial charge in [-0.15, -0.1) is 0 Å². The molecule has 0 saturated carbocycles. The molecule has 0 aromatic heterocycles. The number of amides is 1. The van der Waals surface area contributed by atoms with Gasteiger partial charge < -0.3 is 10.2 Å². The SMILES string of the molecule is CN(C)CC(NC(=O)c1cccc(I)c1)c1ccccc1. The van der Waals surface area contributed by atoms with Crippen LogP contribution in [0.1, 0.15) is 22.0 Å². The quantitative estimate of drug-likeness (QED) is 0.790. The monoisotopic (exact) mass is 394 g/mol. The van der Waals surface area contributed by atoms with Gasteiger partial charge in [0.15, 0.2) is 0 Å². The minimum Gasteiger partial charge on any atom is -0.344 e. The van der Waals surface area contributed by atoms with Gasteiger partial charge in [0.2, 0.25) is 0 Å². The fourth-order valence-corrected chi connectivity index (χ4v) is 2.70. The third kappa shape index (κ3) is 4.82. The third-order valence-electron chi connectivity index (χ3n) is 3.14. The molecule has 0 fully saturated rings. The van der Waals surface area contributed by atoms with E-state index in [0.717, 1.165) is 15.7 Å². The van der Waals surface area contributed by atoms with Crippen LogP contribution in [0.2, 0.25) is 0 Å². The van der Waals surface area contributed by atoms with E-state index in [4.69, 9.17) is 0 Å². The molecule has 0 aliphatic heterocycles. The van der Waals surface area contributed by atoms with Crippen LogP contribution >= 0.6 is 22.6 Å². The molecule has 2 aromatic carbocycles. The highest BCUT2D eigenvalue weighted by molar-refractivity contribution is 14.1. The van der Waals surface area contributed by atoms with E-state index in [-0.39, 0.29) is 11.9 Å². The first-order valence-corrected chi connectivity index (χ1v) is 7.90. The van der Waals surface area contributed by atoms with Gasteiger partial charge in [-0.25, -0.2) is 0 Å². The maximum atomic E-state index is 12.4. The first kappa shape index (κ1) is 16.0. The first-order chi connectivity index (χ1) is 10.1. The molecule has 0 saturated heterocycles. The van der Waals surface area contributed by atoms with Crippen LogP contribution in [0.25, 0.3) is 0 Å². The average Bonchev–Trinajstić information content (AvgIpc) is 2.47. The lowest BCUT2D eigenvalue weighted by atomic mass is 10.1. The van der Waals surface area contributed by atoms with Crippen LogP contribution in [0.3, 0.4) is 0 Å². The second-order valence-electron chi connectivity index (χ2n) is 5.21. The summed E-state index contributed by atoms with van der Waals surface area (Å²) in [5, 5.41) is 3.12. The molecule has 2 rings (SSSR count). The summed E-state index contributed by atoms with van der Waals surface area (Å²) in [7, 11) is 4.01. The van der Waals surface area contributed by atoms with Crippen LogP contribution in [-0.2, 0) is 0 Å². The first-order valence-electron chi connectivity index (χ1n) is 6.82. The van der Waals surface area contributed by atoms with Gasteiger partial charge in [-0.2, -0.15) is 0 Å². The molecule has 4 heteroatoms. The summed E-state index contributed by atoms with van der Waals surface area (Å²) in [4.78, 5) is 14.5. The number of hydrogen-bond acceptors (Lipinski definition) is 2. The Labute approximate surface area is 139 Å². The van der Waals surface area contributed by atoms with Gasteiger partial charge in [-0.3, -0.25) is 4.79 Å². The van der Waals surface area contributed by atoms with E-state index in [9.17, 15) is 4.79 Å². The molecule has 1 unspecified atom stereocenters. The van der Waals surface area contributed by atoms with Gasteiger partial charge in [0.1, 0.15) is 0 Å². The molecule has 1 N–H and O–H groups in total. The van der Waals surface area contributed by atoms with Gasteiger partial charge in [0, 0.05) is 15.7 Å². The molecular weight excluding hydrogens is 375 g/mol. The summed E-state index contributed by atoms with van der Waals surface area (Å²) in [6.45, 7) is 0.764. The molecule has 1 amide bonds. The predicted octanol–water partition coefficient (Wildman–Crippen LogP) is 3.32. The number of rotatable bonds is 5. The van der Waals surface area contributed by atoms with Gasteiger partial charge in [0.05, 0.1) is 6.04 Å². The molecule has 0 aliphatic carbocycles. The molecular formula is C17H19IN2O. The number of nitrogens with one attached hydrogen (secondary N) is 1. The standard InChI is InChI=1S/C17H19IN2O/c1-20(2)12-16(13-7-4-3-5-8-13)19-17(21)14-9-6-10-15(18)11-14/h3-11,16H,12H2,1-2H3,(H,19,21). The molecule has 1 atom stereocenters. The Morgan fingerprint density at radius 1 is 1.14 bits per heavy atom. The summed E-state index contributed by atoms with van der Waals surface area (Å²) in [6.07, 6.45) is 0. The Balaban J connectivity index is 2.17. The van der Waals surface area contributed by atoms with Crippen molar-refractivity contribution in [2.45, 2.75) is 6.04 Å². The minimum atomic E-state index is -0.0378. The highest BCUT2D eigenvalue weighted by atomic mass is 127. The van der Waals surface area contributed by atoms with E-state index in [1.807, 2.05) is 68.7 Å². The van der Waals surface area contributed by atoms with Crippen LogP contribution in [0.5, 0.6) is 0 Å². The molecule has 2 aromatic rings. The number of carbonyl (C=O) groups is 1. The topological polar surface area (TPSA) is 32.3 Å².